The second-order valence-corrected chi connectivity index (χ2v) is 7.56. The molecule has 1 saturated carbocycles. The van der Waals surface area contributed by atoms with Gasteiger partial charge in [0.1, 0.15) is 12.2 Å². The summed E-state index contributed by atoms with van der Waals surface area (Å²) in [6, 6.07) is 2.49. The number of rotatable bonds is 3. The molecule has 5 rings (SSSR count). The van der Waals surface area contributed by atoms with Gasteiger partial charge >= 0.3 is 0 Å². The molecule has 0 spiro atoms. The van der Waals surface area contributed by atoms with Gasteiger partial charge in [0.05, 0.1) is 24.0 Å². The Kier molecular flexibility index (Phi) is 3.10. The highest BCUT2D eigenvalue weighted by atomic mass is 15.4. The minimum atomic E-state index is 0.341. The molecule has 3 aromatic rings. The lowest BCUT2D eigenvalue weighted by molar-refractivity contribution is 0.449. The number of aromatic nitrogens is 7. The molecule has 130 valence electrons. The molecule has 25 heavy (non-hydrogen) atoms. The van der Waals surface area contributed by atoms with Crippen LogP contribution in [0.2, 0.25) is 0 Å². The Morgan fingerprint density at radius 2 is 2.00 bits per heavy atom. The summed E-state index contributed by atoms with van der Waals surface area (Å²) in [4.78, 5) is 2.34. The summed E-state index contributed by atoms with van der Waals surface area (Å²) >= 11 is 0. The first-order chi connectivity index (χ1) is 12.1. The zero-order chi connectivity index (χ0) is 17.1. The van der Waals surface area contributed by atoms with Gasteiger partial charge in [0, 0.05) is 12.5 Å². The molecule has 1 aliphatic carbocycles. The third kappa shape index (κ3) is 2.31. The Labute approximate surface area is 145 Å². The summed E-state index contributed by atoms with van der Waals surface area (Å²) < 4.78 is 4.13. The highest BCUT2D eigenvalue weighted by molar-refractivity contribution is 5.68. The molecule has 0 aromatic carbocycles. The van der Waals surface area contributed by atoms with Crippen molar-refractivity contribution in [2.75, 3.05) is 11.4 Å². The molecule has 8 heteroatoms. The van der Waals surface area contributed by atoms with Gasteiger partial charge in [-0.3, -0.25) is 0 Å². The second-order valence-electron chi connectivity index (χ2n) is 7.56. The van der Waals surface area contributed by atoms with E-state index < -0.39 is 0 Å². The van der Waals surface area contributed by atoms with Crippen molar-refractivity contribution in [1.82, 2.24) is 34.6 Å². The molecule has 2 aliphatic rings. The molecule has 0 unspecified atom stereocenters. The molecular weight excluding hydrogens is 316 g/mol. The van der Waals surface area contributed by atoms with Gasteiger partial charge in [-0.2, -0.15) is 9.61 Å². The molecule has 1 fully saturated rings. The second kappa shape index (κ2) is 5.24. The zero-order valence-corrected chi connectivity index (χ0v) is 14.8. The molecule has 0 amide bonds. The highest BCUT2D eigenvalue weighted by Gasteiger charge is 2.35. The van der Waals surface area contributed by atoms with Crippen molar-refractivity contribution in [2.45, 2.75) is 58.0 Å². The van der Waals surface area contributed by atoms with Crippen molar-refractivity contribution >= 4 is 11.3 Å². The summed E-state index contributed by atoms with van der Waals surface area (Å²) in [6.07, 6.45) is 4.17. The van der Waals surface area contributed by atoms with E-state index in [0.717, 1.165) is 35.9 Å². The van der Waals surface area contributed by atoms with Crippen LogP contribution in [0.25, 0.3) is 5.65 Å². The van der Waals surface area contributed by atoms with E-state index in [4.69, 9.17) is 0 Å². The molecule has 0 N–H and O–H groups in total. The fourth-order valence-electron chi connectivity index (χ4n) is 3.71. The summed E-state index contributed by atoms with van der Waals surface area (Å²) in [5.74, 6) is 3.18. The first-order valence-corrected chi connectivity index (χ1v) is 9.01. The van der Waals surface area contributed by atoms with Crippen LogP contribution in [0, 0.1) is 0 Å². The third-order valence-corrected chi connectivity index (χ3v) is 5.19. The predicted molar refractivity (Wildman–Crippen MR) is 92.6 cm³/mol. The Morgan fingerprint density at radius 1 is 1.16 bits per heavy atom. The molecule has 1 atom stereocenters. The van der Waals surface area contributed by atoms with Gasteiger partial charge in [-0.1, -0.05) is 13.8 Å². The van der Waals surface area contributed by atoms with Crippen LogP contribution in [0.3, 0.4) is 0 Å². The highest BCUT2D eigenvalue weighted by Crippen LogP contribution is 2.41. The average molecular weight is 338 g/mol. The van der Waals surface area contributed by atoms with Crippen LogP contribution in [0.1, 0.15) is 68.8 Å². The van der Waals surface area contributed by atoms with Crippen molar-refractivity contribution < 1.29 is 0 Å². The van der Waals surface area contributed by atoms with Crippen LogP contribution in [0.5, 0.6) is 0 Å². The number of hydrogen-bond donors (Lipinski definition) is 0. The van der Waals surface area contributed by atoms with Crippen LogP contribution in [0.4, 0.5) is 5.69 Å². The van der Waals surface area contributed by atoms with E-state index >= 15 is 0 Å². The maximum Gasteiger partial charge on any atom is 0.200 e. The average Bonchev–Trinajstić information content (AvgIpc) is 3.16. The molecule has 8 nitrogen and oxygen atoms in total. The Bertz CT molecular complexity index is 935. The van der Waals surface area contributed by atoms with Crippen molar-refractivity contribution in [1.29, 1.82) is 0 Å². The Hall–Kier alpha value is -2.51. The van der Waals surface area contributed by atoms with E-state index in [1.165, 1.54) is 18.7 Å². The number of hydrogen-bond acceptors (Lipinski definition) is 6. The smallest absolute Gasteiger partial charge is 0.200 e. The zero-order valence-electron chi connectivity index (χ0n) is 14.8. The lowest BCUT2D eigenvalue weighted by atomic mass is 10.1. The minimum Gasteiger partial charge on any atom is -0.359 e. The van der Waals surface area contributed by atoms with Gasteiger partial charge in [0.25, 0.3) is 0 Å². The predicted octanol–water partition coefficient (Wildman–Crippen LogP) is 2.30. The van der Waals surface area contributed by atoms with Crippen LogP contribution in [0.15, 0.2) is 12.4 Å². The minimum absolute atomic E-state index is 0.341. The van der Waals surface area contributed by atoms with Gasteiger partial charge in [0.2, 0.25) is 5.65 Å². The van der Waals surface area contributed by atoms with Crippen molar-refractivity contribution in [3.63, 3.8) is 0 Å². The van der Waals surface area contributed by atoms with Gasteiger partial charge in [-0.05, 0) is 31.7 Å². The van der Waals surface area contributed by atoms with Crippen molar-refractivity contribution in [3.8, 4) is 0 Å². The van der Waals surface area contributed by atoms with E-state index in [1.54, 1.807) is 10.8 Å². The first-order valence-electron chi connectivity index (χ1n) is 9.01. The van der Waals surface area contributed by atoms with Gasteiger partial charge in [-0.15, -0.1) is 20.4 Å². The van der Waals surface area contributed by atoms with Gasteiger partial charge in [-0.25, -0.2) is 0 Å². The van der Waals surface area contributed by atoms with Gasteiger partial charge < -0.3 is 9.47 Å². The molecule has 0 radical (unpaired) electrons. The van der Waals surface area contributed by atoms with E-state index in [-0.39, 0.29) is 0 Å². The molecule has 3 aromatic heterocycles. The van der Waals surface area contributed by atoms with E-state index in [0.29, 0.717) is 17.9 Å². The van der Waals surface area contributed by atoms with Crippen LogP contribution < -0.4 is 4.90 Å². The standard InChI is InChI=1S/C17H22N8/c1-10(2)13-6-14(17-20-18-9-24(17)22-13)23-7-11(3)25-15(8-23)19-21-16(25)12-4-5-12/h6,9-12H,4-5,7-8H2,1-3H3/t11-/m0/s1. The van der Waals surface area contributed by atoms with E-state index in [1.807, 2.05) is 0 Å². The number of anilines is 1. The fourth-order valence-corrected chi connectivity index (χ4v) is 3.71. The lowest BCUT2D eigenvalue weighted by Gasteiger charge is -2.34. The van der Waals surface area contributed by atoms with Crippen LogP contribution >= 0.6 is 0 Å². The van der Waals surface area contributed by atoms with Crippen LogP contribution in [-0.4, -0.2) is 41.1 Å². The lowest BCUT2D eigenvalue weighted by Crippen LogP contribution is -2.37. The van der Waals surface area contributed by atoms with Crippen LogP contribution in [-0.2, 0) is 6.54 Å². The number of fused-ring (bicyclic) bond motifs is 2. The van der Waals surface area contributed by atoms with E-state index in [2.05, 4.69) is 61.8 Å². The van der Waals surface area contributed by atoms with Crippen molar-refractivity contribution in [2.24, 2.45) is 0 Å². The van der Waals surface area contributed by atoms with E-state index in [9.17, 15) is 0 Å². The Morgan fingerprint density at radius 3 is 2.76 bits per heavy atom. The molecule has 0 bridgehead atoms. The SMILES string of the molecule is CC(C)c1cc(N2Cc3nnc(C4CC4)n3[C@@H](C)C2)c2nncn2n1. The summed E-state index contributed by atoms with van der Waals surface area (Å²) in [6.45, 7) is 8.21. The first kappa shape index (κ1) is 14.8. The molecule has 4 heterocycles. The quantitative estimate of drug-likeness (QED) is 0.729. The summed E-state index contributed by atoms with van der Waals surface area (Å²) in [5.41, 5.74) is 2.91. The normalized spacial score (nSPS) is 20.5. The summed E-state index contributed by atoms with van der Waals surface area (Å²) in [7, 11) is 0. The number of nitrogens with zero attached hydrogens (tertiary/aromatic N) is 8. The molecule has 0 saturated heterocycles. The monoisotopic (exact) mass is 338 g/mol. The topological polar surface area (TPSA) is 77.0 Å². The van der Waals surface area contributed by atoms with Gasteiger partial charge in [0.15, 0.2) is 5.82 Å². The Balaban J connectivity index is 1.57. The molecular formula is C17H22N8. The van der Waals surface area contributed by atoms with Crippen molar-refractivity contribution in [3.05, 3.63) is 29.7 Å². The molecule has 1 aliphatic heterocycles. The maximum absolute atomic E-state index is 4.62. The third-order valence-electron chi connectivity index (χ3n) is 5.19. The maximum atomic E-state index is 4.62. The fraction of sp³-hybridized carbons (Fsp3) is 0.588. The summed E-state index contributed by atoms with van der Waals surface area (Å²) in [5, 5.41) is 21.9. The largest absolute Gasteiger partial charge is 0.359 e.